The van der Waals surface area contributed by atoms with Gasteiger partial charge in [-0.1, -0.05) is 41.5 Å². The number of aromatic nitrogens is 1. The van der Waals surface area contributed by atoms with Gasteiger partial charge in [0.2, 0.25) is 5.88 Å². The van der Waals surface area contributed by atoms with Crippen molar-refractivity contribution >= 4 is 19.7 Å². The lowest BCUT2D eigenvalue weighted by Gasteiger charge is -2.42. The molecule has 6 heteroatoms. The molecule has 0 unspecified atom stereocenters. The summed E-state index contributed by atoms with van der Waals surface area (Å²) in [6.07, 6.45) is 1.54. The first-order chi connectivity index (χ1) is 12.7. The number of nitrogens with zero attached hydrogens (tertiary/aromatic N) is 1. The van der Waals surface area contributed by atoms with Crippen molar-refractivity contribution in [2.24, 2.45) is 0 Å². The molecule has 1 N–H and O–H groups in total. The average Bonchev–Trinajstić information content (AvgIpc) is 2.60. The van der Waals surface area contributed by atoms with Gasteiger partial charge in [0, 0.05) is 11.8 Å². The van der Waals surface area contributed by atoms with Gasteiger partial charge < -0.3 is 14.5 Å². The molecule has 0 radical (unpaired) electrons. The van der Waals surface area contributed by atoms with Crippen LogP contribution >= 0.6 is 0 Å². The Labute approximate surface area is 163 Å². The third kappa shape index (κ3) is 4.61. The Balaban J connectivity index is 2.18. The number of hydrogen-bond donors (Lipinski definition) is 1. The maximum Gasteiger partial charge on any atom is 0.258 e. The van der Waals surface area contributed by atoms with E-state index in [1.54, 1.807) is 6.20 Å². The summed E-state index contributed by atoms with van der Waals surface area (Å²) in [6.45, 7) is 13.6. The molecule has 27 heavy (non-hydrogen) atoms. The Morgan fingerprint density at radius 2 is 1.48 bits per heavy atom. The minimum absolute atomic E-state index is 0.0124. The molecule has 0 aliphatic carbocycles. The SMILES string of the molecule is COc1ncc(Nc2ccc(O[Si](C(C)C)(C(C)C)C(C)C)cc2)cc1F. The van der Waals surface area contributed by atoms with Crippen LogP contribution in [-0.2, 0) is 0 Å². The molecule has 1 aromatic heterocycles. The van der Waals surface area contributed by atoms with E-state index in [1.807, 2.05) is 24.3 Å². The molecule has 1 heterocycles. The van der Waals surface area contributed by atoms with Crippen LogP contribution in [0.15, 0.2) is 36.5 Å². The predicted molar refractivity (Wildman–Crippen MR) is 112 cm³/mol. The topological polar surface area (TPSA) is 43.4 Å². The van der Waals surface area contributed by atoms with Gasteiger partial charge >= 0.3 is 0 Å². The number of hydrogen-bond acceptors (Lipinski definition) is 4. The normalized spacial score (nSPS) is 12.0. The fraction of sp³-hybridized carbons (Fsp3) is 0.476. The Morgan fingerprint density at radius 1 is 0.926 bits per heavy atom. The molecule has 0 amide bonds. The number of methoxy groups -OCH3 is 1. The molecule has 148 valence electrons. The van der Waals surface area contributed by atoms with Gasteiger partial charge in [-0.05, 0) is 40.9 Å². The molecule has 2 aromatic rings. The van der Waals surface area contributed by atoms with Crippen LogP contribution in [0.4, 0.5) is 15.8 Å². The molecule has 0 aliphatic rings. The van der Waals surface area contributed by atoms with Crippen LogP contribution in [0.3, 0.4) is 0 Å². The molecule has 0 saturated carbocycles. The zero-order chi connectivity index (χ0) is 20.2. The molecule has 4 nitrogen and oxygen atoms in total. The van der Waals surface area contributed by atoms with Gasteiger partial charge in [0.1, 0.15) is 5.75 Å². The minimum Gasteiger partial charge on any atom is -0.543 e. The van der Waals surface area contributed by atoms with Crippen molar-refractivity contribution in [2.45, 2.75) is 58.2 Å². The van der Waals surface area contributed by atoms with E-state index in [0.717, 1.165) is 11.4 Å². The van der Waals surface area contributed by atoms with E-state index in [9.17, 15) is 4.39 Å². The molecule has 0 spiro atoms. The van der Waals surface area contributed by atoms with Crippen LogP contribution < -0.4 is 14.5 Å². The van der Waals surface area contributed by atoms with Crippen LogP contribution in [0, 0.1) is 5.82 Å². The fourth-order valence-corrected chi connectivity index (χ4v) is 9.23. The maximum absolute atomic E-state index is 13.8. The molecule has 1 aromatic carbocycles. The van der Waals surface area contributed by atoms with Crippen molar-refractivity contribution in [2.75, 3.05) is 12.4 Å². The monoisotopic (exact) mass is 390 g/mol. The summed E-state index contributed by atoms with van der Waals surface area (Å²) in [6, 6.07) is 9.20. The van der Waals surface area contributed by atoms with Crippen LogP contribution in [-0.4, -0.2) is 20.4 Å². The first-order valence-corrected chi connectivity index (χ1v) is 11.6. The summed E-state index contributed by atoms with van der Waals surface area (Å²) in [4.78, 5) is 3.94. The van der Waals surface area contributed by atoms with E-state index in [2.05, 4.69) is 51.8 Å². The van der Waals surface area contributed by atoms with E-state index in [-0.39, 0.29) is 5.88 Å². The molecular formula is C21H31FN2O2Si. The highest BCUT2D eigenvalue weighted by molar-refractivity contribution is 6.78. The van der Waals surface area contributed by atoms with E-state index in [0.29, 0.717) is 22.3 Å². The summed E-state index contributed by atoms with van der Waals surface area (Å²) in [5, 5.41) is 3.15. The van der Waals surface area contributed by atoms with Crippen molar-refractivity contribution in [3.63, 3.8) is 0 Å². The number of nitrogens with one attached hydrogen (secondary N) is 1. The van der Waals surface area contributed by atoms with Crippen LogP contribution in [0.25, 0.3) is 0 Å². The summed E-state index contributed by atoms with van der Waals surface area (Å²) >= 11 is 0. The summed E-state index contributed by atoms with van der Waals surface area (Å²) in [7, 11) is -0.577. The highest BCUT2D eigenvalue weighted by atomic mass is 28.4. The molecular weight excluding hydrogens is 359 g/mol. The van der Waals surface area contributed by atoms with Gasteiger partial charge in [-0.25, -0.2) is 9.37 Å². The summed E-state index contributed by atoms with van der Waals surface area (Å²) < 4.78 is 25.3. The predicted octanol–water partition coefficient (Wildman–Crippen LogP) is 6.53. The summed E-state index contributed by atoms with van der Waals surface area (Å²) in [5.41, 5.74) is 2.97. The van der Waals surface area contributed by atoms with E-state index in [1.165, 1.54) is 13.2 Å². The smallest absolute Gasteiger partial charge is 0.258 e. The van der Waals surface area contributed by atoms with Gasteiger partial charge in [-0.3, -0.25) is 0 Å². The quantitative estimate of drug-likeness (QED) is 0.521. The van der Waals surface area contributed by atoms with E-state index < -0.39 is 14.1 Å². The van der Waals surface area contributed by atoms with E-state index >= 15 is 0 Å². The second kappa shape index (κ2) is 8.74. The standard InChI is InChI=1S/C21H31FN2O2Si/c1-14(2)27(15(3)4,16(5)6)26-19-10-8-17(9-11-19)24-18-12-20(22)21(25-7)23-13-18/h8-16,24H,1-7H3. The van der Waals surface area contributed by atoms with E-state index in [4.69, 9.17) is 9.16 Å². The fourth-order valence-electron chi connectivity index (χ4n) is 3.97. The molecule has 0 bridgehead atoms. The second-order valence-electron chi connectivity index (χ2n) is 7.78. The molecule has 0 aliphatic heterocycles. The second-order valence-corrected chi connectivity index (χ2v) is 13.2. The van der Waals surface area contributed by atoms with Crippen LogP contribution in [0.2, 0.25) is 16.6 Å². The van der Waals surface area contributed by atoms with Gasteiger partial charge in [-0.15, -0.1) is 0 Å². The highest BCUT2D eigenvalue weighted by Gasteiger charge is 2.46. The lowest BCUT2D eigenvalue weighted by atomic mass is 10.3. The number of rotatable bonds is 8. The zero-order valence-corrected chi connectivity index (χ0v) is 18.3. The Morgan fingerprint density at radius 3 is 1.93 bits per heavy atom. The van der Waals surface area contributed by atoms with Crippen molar-refractivity contribution < 1.29 is 13.6 Å². The zero-order valence-electron chi connectivity index (χ0n) is 17.3. The Hall–Kier alpha value is -2.08. The molecule has 2 rings (SSSR count). The third-order valence-electron chi connectivity index (χ3n) is 5.15. The first kappa shape index (κ1) is 21.2. The van der Waals surface area contributed by atoms with Gasteiger partial charge in [0.15, 0.2) is 5.82 Å². The minimum atomic E-state index is -1.97. The first-order valence-electron chi connectivity index (χ1n) is 9.46. The van der Waals surface area contributed by atoms with Crippen molar-refractivity contribution in [3.05, 3.63) is 42.3 Å². The largest absolute Gasteiger partial charge is 0.543 e. The maximum atomic E-state index is 13.8. The number of anilines is 2. The lowest BCUT2D eigenvalue weighted by Crippen LogP contribution is -2.50. The number of pyridine rings is 1. The Bertz CT molecular complexity index is 727. The molecule has 0 atom stereocenters. The average molecular weight is 391 g/mol. The van der Waals surface area contributed by atoms with Gasteiger partial charge in [0.05, 0.1) is 19.0 Å². The van der Waals surface area contributed by atoms with Gasteiger partial charge in [0.25, 0.3) is 8.32 Å². The Kier molecular flexibility index (Phi) is 6.87. The summed E-state index contributed by atoms with van der Waals surface area (Å²) in [5.74, 6) is 0.382. The molecule has 0 fully saturated rings. The molecule has 0 saturated heterocycles. The van der Waals surface area contributed by atoms with Crippen LogP contribution in [0.5, 0.6) is 11.6 Å². The lowest BCUT2D eigenvalue weighted by molar-refractivity contribution is 0.369. The third-order valence-corrected chi connectivity index (χ3v) is 11.1. The number of ether oxygens (including phenoxy) is 1. The van der Waals surface area contributed by atoms with Crippen molar-refractivity contribution in [1.29, 1.82) is 0 Å². The van der Waals surface area contributed by atoms with Crippen molar-refractivity contribution in [1.82, 2.24) is 4.98 Å². The number of benzene rings is 1. The van der Waals surface area contributed by atoms with Crippen LogP contribution in [0.1, 0.15) is 41.5 Å². The van der Waals surface area contributed by atoms with Crippen molar-refractivity contribution in [3.8, 4) is 11.6 Å². The highest BCUT2D eigenvalue weighted by Crippen LogP contribution is 2.42. The van der Waals surface area contributed by atoms with Gasteiger partial charge in [-0.2, -0.15) is 0 Å². The number of halogens is 1.